The lowest BCUT2D eigenvalue weighted by atomic mass is 10.1. The van der Waals surface area contributed by atoms with Gasteiger partial charge in [-0.3, -0.25) is 0 Å². The molecule has 0 atom stereocenters. The van der Waals surface area contributed by atoms with E-state index in [9.17, 15) is 22.0 Å². The summed E-state index contributed by atoms with van der Waals surface area (Å²) in [6.07, 6.45) is -0.921. The van der Waals surface area contributed by atoms with E-state index in [0.717, 1.165) is 52.5 Å². The zero-order valence-corrected chi connectivity index (χ0v) is 25.9. The van der Waals surface area contributed by atoms with Gasteiger partial charge in [0, 0.05) is 32.7 Å². The van der Waals surface area contributed by atoms with E-state index >= 15 is 0 Å². The standard InChI is InChI=1S/C30H27F5N6S3/c1-2-4-23-21(38-27(43-23)16-7-10-18(31)11-8-16)5-3-6-24-22(15-42-29-40-25(36)14-26(37)41-29)39-28(44-24)17-9-12-19(20(32)13-17)30(33,34)35/h7-14H,2-6,15H2,1H3,(H4,36,37,40,41). The second-order valence-corrected chi connectivity index (χ2v) is 13.0. The Morgan fingerprint density at radius 2 is 1.36 bits per heavy atom. The maximum absolute atomic E-state index is 14.4. The zero-order chi connectivity index (χ0) is 31.4. The third kappa shape index (κ3) is 7.71. The highest BCUT2D eigenvalue weighted by Crippen LogP contribution is 2.37. The van der Waals surface area contributed by atoms with E-state index in [-0.39, 0.29) is 23.0 Å². The quantitative estimate of drug-likeness (QED) is 0.0829. The largest absolute Gasteiger partial charge is 0.419 e. The molecule has 0 aliphatic carbocycles. The first-order valence-corrected chi connectivity index (χ1v) is 16.2. The fourth-order valence-electron chi connectivity index (χ4n) is 4.49. The van der Waals surface area contributed by atoms with Crippen LogP contribution in [0.1, 0.15) is 46.5 Å². The van der Waals surface area contributed by atoms with Crippen molar-refractivity contribution in [3.63, 3.8) is 0 Å². The van der Waals surface area contributed by atoms with Crippen LogP contribution in [0, 0.1) is 11.6 Å². The molecule has 4 N–H and O–H groups in total. The molecule has 0 aliphatic rings. The lowest BCUT2D eigenvalue weighted by Gasteiger charge is -2.08. The van der Waals surface area contributed by atoms with Gasteiger partial charge in [-0.2, -0.15) is 13.2 Å². The van der Waals surface area contributed by atoms with E-state index in [1.165, 1.54) is 52.2 Å². The number of hydrogen-bond acceptors (Lipinski definition) is 9. The summed E-state index contributed by atoms with van der Waals surface area (Å²) in [5.41, 5.74) is 13.1. The van der Waals surface area contributed by atoms with Gasteiger partial charge < -0.3 is 11.5 Å². The van der Waals surface area contributed by atoms with E-state index in [1.54, 1.807) is 23.5 Å². The average molecular weight is 663 g/mol. The van der Waals surface area contributed by atoms with Gasteiger partial charge in [-0.25, -0.2) is 28.7 Å². The maximum atomic E-state index is 14.4. The molecule has 0 saturated heterocycles. The number of alkyl halides is 3. The van der Waals surface area contributed by atoms with Crippen LogP contribution in [0.5, 0.6) is 0 Å². The van der Waals surface area contributed by atoms with Crippen LogP contribution in [-0.4, -0.2) is 19.9 Å². The fraction of sp³-hybridized carbons (Fsp3) is 0.267. The minimum absolute atomic E-state index is 0.227. The Kier molecular flexibility index (Phi) is 9.81. The van der Waals surface area contributed by atoms with E-state index in [4.69, 9.17) is 16.5 Å². The maximum Gasteiger partial charge on any atom is 0.419 e. The molecular weight excluding hydrogens is 636 g/mol. The molecule has 0 amide bonds. The second kappa shape index (κ2) is 13.6. The highest BCUT2D eigenvalue weighted by molar-refractivity contribution is 7.98. The van der Waals surface area contributed by atoms with Crippen molar-refractivity contribution in [1.29, 1.82) is 0 Å². The predicted octanol–water partition coefficient (Wildman–Crippen LogP) is 8.61. The molecule has 3 heterocycles. The summed E-state index contributed by atoms with van der Waals surface area (Å²) in [5.74, 6) is -0.849. The number of thiazole rings is 2. The number of nitrogen functional groups attached to an aromatic ring is 2. The molecule has 2 aromatic carbocycles. The van der Waals surface area contributed by atoms with Gasteiger partial charge >= 0.3 is 6.18 Å². The van der Waals surface area contributed by atoms with E-state index < -0.39 is 17.6 Å². The molecule has 44 heavy (non-hydrogen) atoms. The first kappa shape index (κ1) is 31.8. The SMILES string of the molecule is CCCc1sc(-c2ccc(F)cc2)nc1CCCc1sc(-c2ccc(C(F)(F)F)c(F)c2)nc1CSc1nc(N)cc(N)n1. The van der Waals surface area contributed by atoms with Crippen LogP contribution in [0.15, 0.2) is 53.7 Å². The number of halogens is 5. The Morgan fingerprint density at radius 3 is 2.00 bits per heavy atom. The molecule has 0 bridgehead atoms. The zero-order valence-electron chi connectivity index (χ0n) is 23.4. The van der Waals surface area contributed by atoms with Crippen molar-refractivity contribution in [2.75, 3.05) is 11.5 Å². The third-order valence-corrected chi connectivity index (χ3v) is 9.82. The van der Waals surface area contributed by atoms with Crippen LogP contribution in [-0.2, 0) is 31.2 Å². The summed E-state index contributed by atoms with van der Waals surface area (Å²) >= 11 is 4.20. The van der Waals surface area contributed by atoms with Crippen molar-refractivity contribution in [3.05, 3.63) is 86.9 Å². The Balaban J connectivity index is 1.38. The number of rotatable bonds is 11. The minimum Gasteiger partial charge on any atom is -0.383 e. The molecule has 3 aromatic heterocycles. The van der Waals surface area contributed by atoms with E-state index in [0.29, 0.717) is 34.5 Å². The van der Waals surface area contributed by atoms with Gasteiger partial charge in [0.05, 0.1) is 17.0 Å². The van der Waals surface area contributed by atoms with Gasteiger partial charge in [-0.05, 0) is 62.1 Å². The van der Waals surface area contributed by atoms with Gasteiger partial charge in [0.1, 0.15) is 33.3 Å². The summed E-state index contributed by atoms with van der Waals surface area (Å²) in [6, 6.07) is 10.6. The number of aromatic nitrogens is 4. The normalized spacial score (nSPS) is 11.8. The number of anilines is 2. The molecule has 0 aliphatic heterocycles. The molecule has 0 saturated carbocycles. The summed E-state index contributed by atoms with van der Waals surface area (Å²) in [6.45, 7) is 2.10. The molecule has 230 valence electrons. The van der Waals surface area contributed by atoms with Gasteiger partial charge in [0.15, 0.2) is 5.16 Å². The van der Waals surface area contributed by atoms with Crippen LogP contribution in [0.4, 0.5) is 33.6 Å². The molecule has 0 unspecified atom stereocenters. The minimum atomic E-state index is -4.79. The van der Waals surface area contributed by atoms with Crippen LogP contribution in [0.25, 0.3) is 21.1 Å². The topological polar surface area (TPSA) is 104 Å². The number of nitrogens with zero attached hydrogens (tertiary/aromatic N) is 4. The monoisotopic (exact) mass is 662 g/mol. The van der Waals surface area contributed by atoms with Crippen LogP contribution in [0.2, 0.25) is 0 Å². The highest BCUT2D eigenvalue weighted by Gasteiger charge is 2.34. The Morgan fingerprint density at radius 1 is 0.750 bits per heavy atom. The average Bonchev–Trinajstić information content (AvgIpc) is 3.55. The molecule has 14 heteroatoms. The van der Waals surface area contributed by atoms with Crippen molar-refractivity contribution in [2.45, 2.75) is 56.1 Å². The molecule has 6 nitrogen and oxygen atoms in total. The molecule has 5 rings (SSSR count). The van der Waals surface area contributed by atoms with Crippen LogP contribution in [0.3, 0.4) is 0 Å². The number of hydrogen-bond donors (Lipinski definition) is 2. The predicted molar refractivity (Wildman–Crippen MR) is 166 cm³/mol. The lowest BCUT2D eigenvalue weighted by Crippen LogP contribution is -2.07. The molecule has 5 aromatic rings. The van der Waals surface area contributed by atoms with Crippen molar-refractivity contribution in [1.82, 2.24) is 19.9 Å². The van der Waals surface area contributed by atoms with Gasteiger partial charge in [-0.15, -0.1) is 22.7 Å². The fourth-order valence-corrected chi connectivity index (χ4v) is 7.75. The summed E-state index contributed by atoms with van der Waals surface area (Å²) in [5, 5.41) is 1.62. The number of benzene rings is 2. The van der Waals surface area contributed by atoms with Crippen LogP contribution >= 0.6 is 34.4 Å². The molecule has 0 fully saturated rings. The van der Waals surface area contributed by atoms with Crippen molar-refractivity contribution in [2.24, 2.45) is 0 Å². The van der Waals surface area contributed by atoms with Gasteiger partial charge in [0.2, 0.25) is 0 Å². The Labute approximate surface area is 262 Å². The first-order chi connectivity index (χ1) is 21.0. The second-order valence-electron chi connectivity index (χ2n) is 9.87. The van der Waals surface area contributed by atoms with Crippen LogP contribution < -0.4 is 11.5 Å². The van der Waals surface area contributed by atoms with E-state index in [2.05, 4.69) is 21.9 Å². The van der Waals surface area contributed by atoms with Crippen molar-refractivity contribution >= 4 is 46.1 Å². The van der Waals surface area contributed by atoms with Crippen molar-refractivity contribution in [3.8, 4) is 21.1 Å². The first-order valence-electron chi connectivity index (χ1n) is 13.6. The molecule has 0 radical (unpaired) electrons. The van der Waals surface area contributed by atoms with Crippen molar-refractivity contribution < 1.29 is 22.0 Å². The third-order valence-electron chi connectivity index (χ3n) is 6.55. The molecule has 0 spiro atoms. The lowest BCUT2D eigenvalue weighted by molar-refractivity contribution is -0.139. The summed E-state index contributed by atoms with van der Waals surface area (Å²) in [4.78, 5) is 20.0. The smallest absolute Gasteiger partial charge is 0.383 e. The number of nitrogens with two attached hydrogens (primary N) is 2. The molecular formula is C30H27F5N6S3. The van der Waals surface area contributed by atoms with E-state index in [1.807, 2.05) is 0 Å². The number of aryl methyl sites for hydroxylation is 3. The van der Waals surface area contributed by atoms with Gasteiger partial charge in [-0.1, -0.05) is 31.2 Å². The summed E-state index contributed by atoms with van der Waals surface area (Å²) < 4.78 is 67.3. The summed E-state index contributed by atoms with van der Waals surface area (Å²) in [7, 11) is 0. The number of thioether (sulfide) groups is 1. The Hall–Kier alpha value is -3.62. The Bertz CT molecular complexity index is 1730. The van der Waals surface area contributed by atoms with Gasteiger partial charge in [0.25, 0.3) is 0 Å². The highest BCUT2D eigenvalue weighted by atomic mass is 32.2.